The Kier molecular flexibility index (Phi) is 2.45. The van der Waals surface area contributed by atoms with E-state index in [4.69, 9.17) is 10.5 Å². The van der Waals surface area contributed by atoms with E-state index in [1.807, 2.05) is 0 Å². The number of rotatable bonds is 1. The highest BCUT2D eigenvalue weighted by molar-refractivity contribution is 4.71. The van der Waals surface area contributed by atoms with Crippen LogP contribution in [0.15, 0.2) is 0 Å². The van der Waals surface area contributed by atoms with Crippen LogP contribution in [0, 0.1) is 0 Å². The van der Waals surface area contributed by atoms with Crippen molar-refractivity contribution in [1.29, 1.82) is 0 Å². The fourth-order valence-corrected chi connectivity index (χ4v) is 1.01. The van der Waals surface area contributed by atoms with E-state index in [0.29, 0.717) is 12.6 Å². The summed E-state index contributed by atoms with van der Waals surface area (Å²) in [5.41, 5.74) is 5.40. The second kappa shape index (κ2) is 3.15. The van der Waals surface area contributed by atoms with Crippen molar-refractivity contribution in [1.82, 2.24) is 5.32 Å². The molecule has 0 saturated carbocycles. The van der Waals surface area contributed by atoms with Crippen molar-refractivity contribution in [2.24, 2.45) is 5.73 Å². The summed E-state index contributed by atoms with van der Waals surface area (Å²) in [6.45, 7) is 4.53. The molecule has 2 atom stereocenters. The van der Waals surface area contributed by atoms with Gasteiger partial charge in [-0.1, -0.05) is 0 Å². The first-order chi connectivity index (χ1) is 4.33. The number of nitrogens with two attached hydrogens (primary N) is 1. The van der Waals surface area contributed by atoms with E-state index in [0.717, 1.165) is 13.1 Å². The van der Waals surface area contributed by atoms with Crippen molar-refractivity contribution in [3.8, 4) is 0 Å². The van der Waals surface area contributed by atoms with Gasteiger partial charge in [-0.2, -0.15) is 0 Å². The molecule has 1 rings (SSSR count). The van der Waals surface area contributed by atoms with Crippen LogP contribution in [-0.2, 0) is 4.74 Å². The van der Waals surface area contributed by atoms with Crippen LogP contribution in [0.5, 0.6) is 0 Å². The lowest BCUT2D eigenvalue weighted by Gasteiger charge is -2.27. The maximum atomic E-state index is 5.45. The number of nitrogens with one attached hydrogen (secondary N) is 1. The molecule has 1 fully saturated rings. The van der Waals surface area contributed by atoms with Gasteiger partial charge in [0.15, 0.2) is 0 Å². The monoisotopic (exact) mass is 130 g/mol. The Morgan fingerprint density at radius 3 is 2.89 bits per heavy atom. The van der Waals surface area contributed by atoms with E-state index in [2.05, 4.69) is 12.2 Å². The zero-order valence-electron chi connectivity index (χ0n) is 5.76. The Balaban J connectivity index is 2.23. The van der Waals surface area contributed by atoms with E-state index >= 15 is 0 Å². The Morgan fingerprint density at radius 1 is 1.67 bits per heavy atom. The summed E-state index contributed by atoms with van der Waals surface area (Å²) in [5.74, 6) is 0. The normalized spacial score (nSPS) is 36.7. The molecule has 9 heavy (non-hydrogen) atoms. The first kappa shape index (κ1) is 6.99. The molecule has 0 aliphatic carbocycles. The molecule has 0 aromatic heterocycles. The molecule has 1 saturated heterocycles. The fourth-order valence-electron chi connectivity index (χ4n) is 1.01. The molecule has 0 spiro atoms. The Bertz CT molecular complexity index is 87.1. The molecular formula is C6H14N2O. The molecule has 0 aromatic rings. The minimum absolute atomic E-state index is 0.230. The van der Waals surface area contributed by atoms with E-state index in [1.165, 1.54) is 0 Å². The van der Waals surface area contributed by atoms with Crippen LogP contribution >= 0.6 is 0 Å². The quantitative estimate of drug-likeness (QED) is 0.494. The lowest BCUT2D eigenvalue weighted by molar-refractivity contribution is -0.0217. The minimum atomic E-state index is 0.230. The first-order valence-electron chi connectivity index (χ1n) is 3.39. The molecule has 3 nitrogen and oxygen atoms in total. The standard InChI is InChI=1S/C6H14N2O/c1-5-3-8-4-6(2-7)9-5/h5-6,8H,2-4,7H2,1H3. The van der Waals surface area contributed by atoms with E-state index in [1.54, 1.807) is 0 Å². The van der Waals surface area contributed by atoms with Gasteiger partial charge in [0.25, 0.3) is 0 Å². The third kappa shape index (κ3) is 1.93. The highest BCUT2D eigenvalue weighted by Gasteiger charge is 2.16. The summed E-state index contributed by atoms with van der Waals surface area (Å²) in [5, 5.41) is 3.23. The van der Waals surface area contributed by atoms with Crippen LogP contribution in [-0.4, -0.2) is 31.8 Å². The van der Waals surface area contributed by atoms with Gasteiger partial charge in [-0.05, 0) is 6.92 Å². The number of hydrogen-bond acceptors (Lipinski definition) is 3. The van der Waals surface area contributed by atoms with Crippen LogP contribution in [0.4, 0.5) is 0 Å². The zero-order chi connectivity index (χ0) is 6.69. The largest absolute Gasteiger partial charge is 0.371 e. The average molecular weight is 130 g/mol. The summed E-state index contributed by atoms with van der Waals surface area (Å²) in [6.07, 6.45) is 0.557. The van der Waals surface area contributed by atoms with Gasteiger partial charge in [-0.25, -0.2) is 0 Å². The summed E-state index contributed by atoms with van der Waals surface area (Å²) in [6, 6.07) is 0. The van der Waals surface area contributed by atoms with Crippen LogP contribution in [0.3, 0.4) is 0 Å². The molecular weight excluding hydrogens is 116 g/mol. The van der Waals surface area contributed by atoms with Crippen molar-refractivity contribution >= 4 is 0 Å². The maximum Gasteiger partial charge on any atom is 0.0825 e. The predicted molar refractivity (Wildman–Crippen MR) is 36.3 cm³/mol. The Morgan fingerprint density at radius 2 is 2.44 bits per heavy atom. The fraction of sp³-hybridized carbons (Fsp3) is 1.00. The third-order valence-electron chi connectivity index (χ3n) is 1.49. The van der Waals surface area contributed by atoms with E-state index in [9.17, 15) is 0 Å². The zero-order valence-corrected chi connectivity index (χ0v) is 5.76. The van der Waals surface area contributed by atoms with Gasteiger partial charge < -0.3 is 15.8 Å². The topological polar surface area (TPSA) is 47.3 Å². The van der Waals surface area contributed by atoms with Gasteiger partial charge in [-0.3, -0.25) is 0 Å². The van der Waals surface area contributed by atoms with E-state index in [-0.39, 0.29) is 6.10 Å². The smallest absolute Gasteiger partial charge is 0.0825 e. The molecule has 0 radical (unpaired) electrons. The van der Waals surface area contributed by atoms with Gasteiger partial charge in [0.05, 0.1) is 12.2 Å². The highest BCUT2D eigenvalue weighted by Crippen LogP contribution is 2.00. The first-order valence-corrected chi connectivity index (χ1v) is 3.39. The molecule has 3 N–H and O–H groups in total. The SMILES string of the molecule is CC1CNCC(CN)O1. The number of morpholine rings is 1. The third-order valence-corrected chi connectivity index (χ3v) is 1.49. The van der Waals surface area contributed by atoms with Gasteiger partial charge in [0.2, 0.25) is 0 Å². The highest BCUT2D eigenvalue weighted by atomic mass is 16.5. The maximum absolute atomic E-state index is 5.45. The van der Waals surface area contributed by atoms with Crippen molar-refractivity contribution in [2.45, 2.75) is 19.1 Å². The second-order valence-corrected chi connectivity index (χ2v) is 2.46. The molecule has 1 aliphatic heterocycles. The molecule has 1 aliphatic rings. The molecule has 0 aromatic carbocycles. The lowest BCUT2D eigenvalue weighted by atomic mass is 10.2. The van der Waals surface area contributed by atoms with Crippen molar-refractivity contribution in [2.75, 3.05) is 19.6 Å². The van der Waals surface area contributed by atoms with Crippen molar-refractivity contribution in [3.05, 3.63) is 0 Å². The summed E-state index contributed by atoms with van der Waals surface area (Å²) < 4.78 is 5.45. The van der Waals surface area contributed by atoms with Crippen LogP contribution < -0.4 is 11.1 Å². The van der Waals surface area contributed by atoms with Gasteiger partial charge >= 0.3 is 0 Å². The molecule has 0 amide bonds. The van der Waals surface area contributed by atoms with E-state index < -0.39 is 0 Å². The average Bonchev–Trinajstić information content (AvgIpc) is 1.88. The van der Waals surface area contributed by atoms with Gasteiger partial charge in [0.1, 0.15) is 0 Å². The Hall–Kier alpha value is -0.120. The predicted octanol–water partition coefficient (Wildman–Crippen LogP) is -0.678. The van der Waals surface area contributed by atoms with Gasteiger partial charge in [-0.15, -0.1) is 0 Å². The number of ether oxygens (including phenoxy) is 1. The molecule has 1 heterocycles. The Labute approximate surface area is 55.6 Å². The summed E-state index contributed by atoms with van der Waals surface area (Å²) in [4.78, 5) is 0. The molecule has 3 heteroatoms. The lowest BCUT2D eigenvalue weighted by Crippen LogP contribution is -2.46. The molecule has 0 bridgehead atoms. The minimum Gasteiger partial charge on any atom is -0.371 e. The second-order valence-electron chi connectivity index (χ2n) is 2.46. The molecule has 54 valence electrons. The summed E-state index contributed by atoms with van der Waals surface area (Å²) in [7, 11) is 0. The van der Waals surface area contributed by atoms with Gasteiger partial charge in [0, 0.05) is 19.6 Å². The van der Waals surface area contributed by atoms with Crippen molar-refractivity contribution in [3.63, 3.8) is 0 Å². The van der Waals surface area contributed by atoms with Crippen LogP contribution in [0.1, 0.15) is 6.92 Å². The van der Waals surface area contributed by atoms with Crippen LogP contribution in [0.25, 0.3) is 0 Å². The number of hydrogen-bond donors (Lipinski definition) is 2. The van der Waals surface area contributed by atoms with Crippen LogP contribution in [0.2, 0.25) is 0 Å². The molecule has 2 unspecified atom stereocenters. The summed E-state index contributed by atoms with van der Waals surface area (Å²) >= 11 is 0. The van der Waals surface area contributed by atoms with Crippen molar-refractivity contribution < 1.29 is 4.74 Å².